The van der Waals surface area contributed by atoms with Crippen LogP contribution >= 0.6 is 0 Å². The Morgan fingerprint density at radius 3 is 2.92 bits per heavy atom. The van der Waals surface area contributed by atoms with E-state index < -0.39 is 10.0 Å². The Morgan fingerprint density at radius 1 is 1.58 bits per heavy atom. The second-order valence-corrected chi connectivity index (χ2v) is 4.81. The number of ether oxygens (including phenoxy) is 1. The van der Waals surface area contributed by atoms with Crippen LogP contribution in [0.3, 0.4) is 0 Å². The van der Waals surface area contributed by atoms with Gasteiger partial charge in [-0.25, -0.2) is 13.1 Å². The highest BCUT2D eigenvalue weighted by Gasteiger charge is 2.22. The van der Waals surface area contributed by atoms with Crippen LogP contribution in [0.2, 0.25) is 0 Å². The minimum atomic E-state index is -2.99. The van der Waals surface area contributed by atoms with Crippen molar-refractivity contribution in [2.75, 3.05) is 19.0 Å². The van der Waals surface area contributed by atoms with Gasteiger partial charge in [-0.15, -0.1) is 0 Å². The molecule has 1 fully saturated rings. The van der Waals surface area contributed by atoms with Crippen molar-refractivity contribution in [3.05, 3.63) is 0 Å². The zero-order chi connectivity index (χ0) is 9.03. The average Bonchev–Trinajstić information content (AvgIpc) is 1.99. The Hall–Kier alpha value is -0.130. The van der Waals surface area contributed by atoms with Crippen LogP contribution in [0.4, 0.5) is 0 Å². The summed E-state index contributed by atoms with van der Waals surface area (Å²) < 4.78 is 29.8. The summed E-state index contributed by atoms with van der Waals surface area (Å²) in [7, 11) is -2.99. The lowest BCUT2D eigenvalue weighted by atomic mass is 10.2. The molecule has 0 aromatic rings. The van der Waals surface area contributed by atoms with Gasteiger partial charge in [-0.2, -0.15) is 0 Å². The van der Waals surface area contributed by atoms with Crippen molar-refractivity contribution in [2.24, 2.45) is 0 Å². The number of hydrogen-bond donors (Lipinski definition) is 1. The lowest BCUT2D eigenvalue weighted by Gasteiger charge is -2.22. The number of sulfonamides is 1. The van der Waals surface area contributed by atoms with Crippen molar-refractivity contribution in [3.8, 4) is 0 Å². The van der Waals surface area contributed by atoms with E-state index in [9.17, 15) is 8.42 Å². The smallest absolute Gasteiger partial charge is 0.211 e. The fraction of sp³-hybridized carbons (Fsp3) is 1.00. The van der Waals surface area contributed by atoms with E-state index in [1.165, 1.54) is 0 Å². The van der Waals surface area contributed by atoms with E-state index >= 15 is 0 Å². The van der Waals surface area contributed by atoms with Crippen molar-refractivity contribution >= 4 is 10.0 Å². The van der Waals surface area contributed by atoms with E-state index in [1.54, 1.807) is 0 Å². The molecule has 0 bridgehead atoms. The SMILES string of the molecule is CCOCC1CCCS(=O)(=O)N1. The van der Waals surface area contributed by atoms with Gasteiger partial charge < -0.3 is 4.74 Å². The maximum atomic E-state index is 11.1. The summed E-state index contributed by atoms with van der Waals surface area (Å²) in [5, 5.41) is 0. The highest BCUT2D eigenvalue weighted by Crippen LogP contribution is 2.08. The van der Waals surface area contributed by atoms with Crippen molar-refractivity contribution in [3.63, 3.8) is 0 Å². The van der Waals surface area contributed by atoms with E-state index in [0.717, 1.165) is 12.8 Å². The van der Waals surface area contributed by atoms with Gasteiger partial charge in [0.1, 0.15) is 0 Å². The minimum Gasteiger partial charge on any atom is -0.380 e. The quantitative estimate of drug-likeness (QED) is 0.692. The van der Waals surface area contributed by atoms with Gasteiger partial charge >= 0.3 is 0 Å². The molecule has 0 saturated carbocycles. The highest BCUT2D eigenvalue weighted by molar-refractivity contribution is 7.89. The van der Waals surface area contributed by atoms with Gasteiger partial charge in [0, 0.05) is 12.6 Å². The van der Waals surface area contributed by atoms with E-state index in [2.05, 4.69) is 4.72 Å². The largest absolute Gasteiger partial charge is 0.380 e. The third-order valence-electron chi connectivity index (χ3n) is 1.84. The van der Waals surface area contributed by atoms with Crippen LogP contribution in [0.1, 0.15) is 19.8 Å². The molecule has 0 spiro atoms. The van der Waals surface area contributed by atoms with Crippen LogP contribution in [0.15, 0.2) is 0 Å². The van der Waals surface area contributed by atoms with Gasteiger partial charge in [0.05, 0.1) is 12.4 Å². The Bertz CT molecular complexity index is 225. The number of nitrogens with one attached hydrogen (secondary N) is 1. The standard InChI is InChI=1S/C7H15NO3S/c1-2-11-6-7-4-3-5-12(9,10)8-7/h7-8H,2-6H2,1H3. The molecule has 1 saturated heterocycles. The third kappa shape index (κ3) is 3.08. The summed E-state index contributed by atoms with van der Waals surface area (Å²) in [4.78, 5) is 0. The highest BCUT2D eigenvalue weighted by atomic mass is 32.2. The molecule has 1 aliphatic heterocycles. The Kier molecular flexibility index (Phi) is 3.49. The third-order valence-corrected chi connectivity index (χ3v) is 3.35. The fourth-order valence-corrected chi connectivity index (χ4v) is 2.63. The van der Waals surface area contributed by atoms with Crippen LogP contribution in [0.5, 0.6) is 0 Å². The Morgan fingerprint density at radius 2 is 2.33 bits per heavy atom. The summed E-state index contributed by atoms with van der Waals surface area (Å²) in [5.41, 5.74) is 0. The summed E-state index contributed by atoms with van der Waals surface area (Å²) in [6.07, 6.45) is 1.63. The van der Waals surface area contributed by atoms with E-state index in [4.69, 9.17) is 4.74 Å². The monoisotopic (exact) mass is 193 g/mol. The second-order valence-electron chi connectivity index (χ2n) is 2.94. The maximum Gasteiger partial charge on any atom is 0.211 e. The average molecular weight is 193 g/mol. The molecule has 0 aromatic heterocycles. The Labute approximate surface area is 73.3 Å². The van der Waals surface area contributed by atoms with Crippen LogP contribution in [0, 0.1) is 0 Å². The molecular weight excluding hydrogens is 178 g/mol. The lowest BCUT2D eigenvalue weighted by molar-refractivity contribution is 0.125. The molecule has 0 radical (unpaired) electrons. The predicted octanol–water partition coefficient (Wildman–Crippen LogP) is 0.105. The molecule has 5 heteroatoms. The summed E-state index contributed by atoms with van der Waals surface area (Å²) in [6.45, 7) is 3.03. The van der Waals surface area contributed by atoms with Gasteiger partial charge in [0.25, 0.3) is 0 Å². The Balaban J connectivity index is 2.36. The summed E-state index contributed by atoms with van der Waals surface area (Å²) >= 11 is 0. The maximum absolute atomic E-state index is 11.1. The molecular formula is C7H15NO3S. The molecule has 1 N–H and O–H groups in total. The first kappa shape index (κ1) is 9.95. The van der Waals surface area contributed by atoms with Crippen molar-refractivity contribution in [1.29, 1.82) is 0 Å². The van der Waals surface area contributed by atoms with Gasteiger partial charge in [-0.3, -0.25) is 0 Å². The molecule has 0 amide bonds. The molecule has 1 unspecified atom stereocenters. The van der Waals surface area contributed by atoms with Crippen LogP contribution in [-0.2, 0) is 14.8 Å². The molecule has 0 aliphatic carbocycles. The molecule has 4 nitrogen and oxygen atoms in total. The first-order valence-corrected chi connectivity index (χ1v) is 5.87. The predicted molar refractivity (Wildman–Crippen MR) is 46.4 cm³/mol. The summed E-state index contributed by atoms with van der Waals surface area (Å²) in [6, 6.07) is -0.0105. The first-order valence-electron chi connectivity index (χ1n) is 4.22. The first-order chi connectivity index (χ1) is 5.64. The van der Waals surface area contributed by atoms with Gasteiger partial charge in [-0.05, 0) is 19.8 Å². The van der Waals surface area contributed by atoms with Crippen LogP contribution in [-0.4, -0.2) is 33.4 Å². The van der Waals surface area contributed by atoms with Crippen LogP contribution < -0.4 is 4.72 Å². The van der Waals surface area contributed by atoms with Gasteiger partial charge in [-0.1, -0.05) is 0 Å². The number of hydrogen-bond acceptors (Lipinski definition) is 3. The summed E-state index contributed by atoms with van der Waals surface area (Å²) in [5.74, 6) is 0.260. The van der Waals surface area contributed by atoms with Crippen molar-refractivity contribution in [1.82, 2.24) is 4.72 Å². The van der Waals surface area contributed by atoms with Crippen molar-refractivity contribution in [2.45, 2.75) is 25.8 Å². The van der Waals surface area contributed by atoms with Gasteiger partial charge in [0.15, 0.2) is 0 Å². The molecule has 12 heavy (non-hydrogen) atoms. The number of rotatable bonds is 3. The van der Waals surface area contributed by atoms with Crippen LogP contribution in [0.25, 0.3) is 0 Å². The zero-order valence-corrected chi connectivity index (χ0v) is 8.06. The van der Waals surface area contributed by atoms with E-state index in [-0.39, 0.29) is 11.8 Å². The molecule has 1 heterocycles. The minimum absolute atomic E-state index is 0.0105. The van der Waals surface area contributed by atoms with Crippen molar-refractivity contribution < 1.29 is 13.2 Å². The second kappa shape index (κ2) is 4.20. The fourth-order valence-electron chi connectivity index (χ4n) is 1.27. The zero-order valence-electron chi connectivity index (χ0n) is 7.25. The topological polar surface area (TPSA) is 55.4 Å². The normalized spacial score (nSPS) is 28.6. The molecule has 1 atom stereocenters. The van der Waals surface area contributed by atoms with E-state index in [1.807, 2.05) is 6.92 Å². The molecule has 0 aromatic carbocycles. The van der Waals surface area contributed by atoms with Gasteiger partial charge in [0.2, 0.25) is 10.0 Å². The molecule has 1 rings (SSSR count). The lowest BCUT2D eigenvalue weighted by Crippen LogP contribution is -2.43. The molecule has 1 aliphatic rings. The van der Waals surface area contributed by atoms with E-state index in [0.29, 0.717) is 13.2 Å². The molecule has 72 valence electrons.